The molecule has 3 rings (SSSR count). The first-order valence-corrected chi connectivity index (χ1v) is 10.6. The zero-order valence-electron chi connectivity index (χ0n) is 18.0. The minimum absolute atomic E-state index is 0.174. The summed E-state index contributed by atoms with van der Waals surface area (Å²) in [5.41, 5.74) is 9.95. The molecule has 0 bridgehead atoms. The Bertz CT molecular complexity index is 1130. The first kappa shape index (κ1) is 23.8. The topological polar surface area (TPSA) is 130 Å². The number of carbonyl (C=O) groups is 2. The van der Waals surface area contributed by atoms with Gasteiger partial charge in [0.15, 0.2) is 6.04 Å². The fourth-order valence-electron chi connectivity index (χ4n) is 2.93. The number of halogens is 1. The molecule has 0 saturated heterocycles. The molecule has 0 aliphatic rings. The number of nitrogens with one attached hydrogen (secondary N) is 3. The molecule has 0 aliphatic carbocycles. The van der Waals surface area contributed by atoms with Crippen molar-refractivity contribution in [1.29, 1.82) is 0 Å². The van der Waals surface area contributed by atoms with E-state index in [0.29, 0.717) is 28.5 Å². The van der Waals surface area contributed by atoms with E-state index in [1.54, 1.807) is 79.7 Å². The van der Waals surface area contributed by atoms with Gasteiger partial charge in [-0.1, -0.05) is 35.9 Å². The van der Waals surface area contributed by atoms with E-state index in [4.69, 9.17) is 11.6 Å². The quantitative estimate of drug-likeness (QED) is 0.270. The summed E-state index contributed by atoms with van der Waals surface area (Å²) in [5.74, 6) is -0.132. The van der Waals surface area contributed by atoms with Crippen LogP contribution in [0.2, 0.25) is 5.02 Å². The van der Waals surface area contributed by atoms with Crippen LogP contribution < -0.4 is 21.8 Å². The first-order valence-electron chi connectivity index (χ1n) is 10.2. The van der Waals surface area contributed by atoms with Gasteiger partial charge in [-0.2, -0.15) is 5.10 Å². The average Bonchev–Trinajstić information content (AvgIpc) is 2.80. The molecule has 7 N–H and O–H groups in total. The van der Waals surface area contributed by atoms with Crippen LogP contribution in [0.5, 0.6) is 5.75 Å². The molecule has 3 aromatic rings. The van der Waals surface area contributed by atoms with Crippen molar-refractivity contribution in [3.05, 3.63) is 88.9 Å². The predicted molar refractivity (Wildman–Crippen MR) is 129 cm³/mol. The van der Waals surface area contributed by atoms with Crippen LogP contribution in [0.4, 0.5) is 16.2 Å². The highest BCUT2D eigenvalue weighted by Crippen LogP contribution is 2.15. The van der Waals surface area contributed by atoms with Gasteiger partial charge in [0.25, 0.3) is 5.91 Å². The number of hydrazone groups is 1. The maximum absolute atomic E-state index is 12.3. The molecule has 8 nitrogen and oxygen atoms in total. The van der Waals surface area contributed by atoms with Crippen LogP contribution in [0.15, 0.2) is 77.9 Å². The first-order chi connectivity index (χ1) is 15.8. The van der Waals surface area contributed by atoms with Gasteiger partial charge in [0.05, 0.1) is 5.71 Å². The van der Waals surface area contributed by atoms with Crippen molar-refractivity contribution < 1.29 is 20.4 Å². The fourth-order valence-corrected chi connectivity index (χ4v) is 3.05. The Hall–Kier alpha value is -3.88. The molecule has 1 unspecified atom stereocenters. The summed E-state index contributed by atoms with van der Waals surface area (Å²) in [4.78, 5) is 24.4. The van der Waals surface area contributed by atoms with E-state index in [1.807, 2.05) is 0 Å². The van der Waals surface area contributed by atoms with Crippen LogP contribution in [0.25, 0.3) is 0 Å². The normalized spacial score (nSPS) is 12.0. The molecule has 0 fully saturated rings. The third kappa shape index (κ3) is 7.34. The van der Waals surface area contributed by atoms with Gasteiger partial charge < -0.3 is 21.5 Å². The molecule has 3 amide bonds. The zero-order chi connectivity index (χ0) is 23.8. The number of carbonyl (C=O) groups excluding carboxylic acids is 2. The second kappa shape index (κ2) is 11.1. The van der Waals surface area contributed by atoms with Crippen LogP contribution in [-0.2, 0) is 11.2 Å². The van der Waals surface area contributed by atoms with Crippen LogP contribution in [-0.4, -0.2) is 28.8 Å². The van der Waals surface area contributed by atoms with Gasteiger partial charge in [-0.15, -0.1) is 0 Å². The van der Waals surface area contributed by atoms with Crippen LogP contribution in [0.1, 0.15) is 18.1 Å². The number of hydrogen-bond acceptors (Lipinski definition) is 4. The van der Waals surface area contributed by atoms with E-state index in [1.165, 1.54) is 0 Å². The van der Waals surface area contributed by atoms with Crippen LogP contribution >= 0.6 is 11.6 Å². The van der Waals surface area contributed by atoms with E-state index in [2.05, 4.69) is 26.9 Å². The third-order valence-corrected chi connectivity index (χ3v) is 5.04. The Morgan fingerprint density at radius 3 is 2.06 bits per heavy atom. The van der Waals surface area contributed by atoms with Crippen molar-refractivity contribution in [2.45, 2.75) is 19.4 Å². The zero-order valence-corrected chi connectivity index (χ0v) is 18.8. The highest BCUT2D eigenvalue weighted by molar-refractivity contribution is 6.30. The van der Waals surface area contributed by atoms with Crippen molar-refractivity contribution in [1.82, 2.24) is 5.43 Å². The van der Waals surface area contributed by atoms with E-state index in [9.17, 15) is 14.7 Å². The van der Waals surface area contributed by atoms with Crippen molar-refractivity contribution in [3.8, 4) is 5.75 Å². The summed E-state index contributed by atoms with van der Waals surface area (Å²) < 4.78 is 0. The Balaban J connectivity index is 1.51. The summed E-state index contributed by atoms with van der Waals surface area (Å²) in [7, 11) is 0. The number of quaternary nitrogens is 1. The number of anilines is 2. The molecule has 0 aromatic heterocycles. The number of benzene rings is 3. The molecule has 33 heavy (non-hydrogen) atoms. The number of aromatic hydroxyl groups is 1. The van der Waals surface area contributed by atoms with Crippen molar-refractivity contribution in [2.24, 2.45) is 5.10 Å². The molecule has 0 spiro atoms. The van der Waals surface area contributed by atoms with E-state index >= 15 is 0 Å². The van der Waals surface area contributed by atoms with Crippen molar-refractivity contribution >= 4 is 40.6 Å². The largest absolute Gasteiger partial charge is 0.508 e. The van der Waals surface area contributed by atoms with E-state index in [0.717, 1.165) is 11.1 Å². The van der Waals surface area contributed by atoms with Crippen LogP contribution in [0.3, 0.4) is 0 Å². The highest BCUT2D eigenvalue weighted by Gasteiger charge is 2.17. The summed E-state index contributed by atoms with van der Waals surface area (Å²) >= 11 is 5.84. The lowest BCUT2D eigenvalue weighted by atomic mass is 10.1. The molecule has 0 heterocycles. The summed E-state index contributed by atoms with van der Waals surface area (Å²) in [6.45, 7) is 1.77. The molecule has 3 aromatic carbocycles. The summed E-state index contributed by atoms with van der Waals surface area (Å²) in [6.07, 6.45) is 0.430. The monoisotopic (exact) mass is 466 g/mol. The van der Waals surface area contributed by atoms with Gasteiger partial charge in [-0.05, 0) is 66.6 Å². The molecule has 0 radical (unpaired) electrons. The number of phenolic OH excluding ortho intramolecular Hbond substituents is 1. The molecule has 1 atom stereocenters. The number of phenols is 1. The average molecular weight is 467 g/mol. The predicted octanol–water partition coefficient (Wildman–Crippen LogP) is 3.38. The SMILES string of the molecule is CC(=NNC(=O)C([NH3+])Cc1ccc(O)cc1)c1ccc(NC(=O)Nc2ccc(Cl)cc2)cc1. The molecule has 9 heteroatoms. The number of urea groups is 1. The van der Waals surface area contributed by atoms with Gasteiger partial charge >= 0.3 is 6.03 Å². The maximum atomic E-state index is 12.3. The molecular weight excluding hydrogens is 442 g/mol. The highest BCUT2D eigenvalue weighted by atomic mass is 35.5. The summed E-state index contributed by atoms with van der Waals surface area (Å²) in [6, 6.07) is 19.6. The van der Waals surface area contributed by atoms with Gasteiger partial charge in [0.2, 0.25) is 0 Å². The smallest absolute Gasteiger partial charge is 0.323 e. The van der Waals surface area contributed by atoms with E-state index < -0.39 is 6.04 Å². The maximum Gasteiger partial charge on any atom is 0.323 e. The van der Waals surface area contributed by atoms with Gasteiger partial charge in [-0.25, -0.2) is 10.2 Å². The lowest BCUT2D eigenvalue weighted by Gasteiger charge is -2.09. The molecule has 0 aliphatic heterocycles. The lowest BCUT2D eigenvalue weighted by Crippen LogP contribution is -2.68. The Labute approximate surface area is 196 Å². The Morgan fingerprint density at radius 2 is 1.48 bits per heavy atom. The van der Waals surface area contributed by atoms with Crippen molar-refractivity contribution in [3.63, 3.8) is 0 Å². The fraction of sp³-hybridized carbons (Fsp3) is 0.125. The second-order valence-electron chi connectivity index (χ2n) is 7.40. The number of hydrogen-bond donors (Lipinski definition) is 5. The number of amides is 3. The molecular formula is C24H25ClN5O3+. The third-order valence-electron chi connectivity index (χ3n) is 4.79. The Kier molecular flexibility index (Phi) is 8.01. The minimum atomic E-state index is -0.531. The Morgan fingerprint density at radius 1 is 0.939 bits per heavy atom. The minimum Gasteiger partial charge on any atom is -0.508 e. The second-order valence-corrected chi connectivity index (χ2v) is 7.84. The summed E-state index contributed by atoms with van der Waals surface area (Å²) in [5, 5.41) is 19.5. The number of rotatable bonds is 7. The molecule has 170 valence electrons. The standard InChI is InChI=1S/C24H24ClN5O3/c1-15(29-30-23(32)22(26)14-16-2-12-21(31)13-3-16)17-4-8-19(9-5-17)27-24(33)28-20-10-6-18(25)7-11-20/h2-13,22,31H,14,26H2,1H3,(H,30,32)(H2,27,28,33)/p+1. The lowest BCUT2D eigenvalue weighted by molar-refractivity contribution is -0.403. The van der Waals surface area contributed by atoms with Gasteiger partial charge in [-0.3, -0.25) is 4.79 Å². The van der Waals surface area contributed by atoms with Gasteiger partial charge in [0.1, 0.15) is 5.75 Å². The van der Waals surface area contributed by atoms with Gasteiger partial charge in [0, 0.05) is 22.8 Å². The number of nitrogens with zero attached hydrogens (tertiary/aromatic N) is 1. The van der Waals surface area contributed by atoms with Crippen LogP contribution in [0, 0.1) is 0 Å². The molecule has 0 saturated carbocycles. The van der Waals surface area contributed by atoms with Crippen molar-refractivity contribution in [2.75, 3.05) is 10.6 Å². The van der Waals surface area contributed by atoms with E-state index in [-0.39, 0.29) is 17.7 Å².